The second-order valence-corrected chi connectivity index (χ2v) is 6.69. The zero-order chi connectivity index (χ0) is 22.7. The largest absolute Gasteiger partial charge is 0.481 e. The van der Waals surface area contributed by atoms with Crippen molar-refractivity contribution in [3.05, 3.63) is 35.9 Å². The van der Waals surface area contributed by atoms with Gasteiger partial charge in [-0.15, -0.1) is 0 Å². The Morgan fingerprint density at radius 2 is 1.47 bits per heavy atom. The Morgan fingerprint density at radius 1 is 0.867 bits per heavy atom. The molecule has 0 aliphatic heterocycles. The third kappa shape index (κ3) is 9.15. The summed E-state index contributed by atoms with van der Waals surface area (Å²) >= 11 is 0. The number of carboxylic acids is 2. The molecular weight excluding hydrogens is 396 g/mol. The molecule has 0 saturated heterocycles. The molecule has 0 heterocycles. The Labute approximate surface area is 172 Å². The van der Waals surface area contributed by atoms with Crippen molar-refractivity contribution in [2.45, 2.75) is 50.2 Å². The number of benzene rings is 1. The van der Waals surface area contributed by atoms with Gasteiger partial charge in [-0.1, -0.05) is 30.3 Å². The maximum absolute atomic E-state index is 12.6. The predicted octanol–water partition coefficient (Wildman–Crippen LogP) is -1.26. The first-order chi connectivity index (χ1) is 14.1. The van der Waals surface area contributed by atoms with Gasteiger partial charge in [0.15, 0.2) is 0 Å². The average molecular weight is 422 g/mol. The van der Waals surface area contributed by atoms with Gasteiger partial charge in [0.1, 0.15) is 12.1 Å². The lowest BCUT2D eigenvalue weighted by molar-refractivity contribution is -0.142. The van der Waals surface area contributed by atoms with Gasteiger partial charge in [0, 0.05) is 19.3 Å². The van der Waals surface area contributed by atoms with Crippen LogP contribution in [0.3, 0.4) is 0 Å². The highest BCUT2D eigenvalue weighted by Gasteiger charge is 2.28. The number of primary amides is 1. The van der Waals surface area contributed by atoms with Crippen molar-refractivity contribution in [1.29, 1.82) is 0 Å². The lowest BCUT2D eigenvalue weighted by atomic mass is 10.0. The molecule has 3 atom stereocenters. The summed E-state index contributed by atoms with van der Waals surface area (Å²) in [6.07, 6.45) is -0.895. The molecule has 0 aliphatic carbocycles. The Kier molecular flexibility index (Phi) is 9.97. The monoisotopic (exact) mass is 422 g/mol. The molecule has 3 amide bonds. The number of carbonyl (C=O) groups excluding carboxylic acids is 3. The number of aliphatic carboxylic acids is 2. The molecule has 8 N–H and O–H groups in total. The minimum absolute atomic E-state index is 0.0104. The van der Waals surface area contributed by atoms with E-state index in [2.05, 4.69) is 10.6 Å². The van der Waals surface area contributed by atoms with Crippen LogP contribution in [0.4, 0.5) is 0 Å². The number of hydrogen-bond acceptors (Lipinski definition) is 6. The van der Waals surface area contributed by atoms with Crippen LogP contribution in [0.15, 0.2) is 30.3 Å². The summed E-state index contributed by atoms with van der Waals surface area (Å²) in [6, 6.07) is 4.90. The van der Waals surface area contributed by atoms with E-state index in [1.54, 1.807) is 30.3 Å². The highest BCUT2D eigenvalue weighted by atomic mass is 16.4. The molecule has 1 aromatic carbocycles. The fourth-order valence-corrected chi connectivity index (χ4v) is 2.57. The van der Waals surface area contributed by atoms with Gasteiger partial charge >= 0.3 is 11.9 Å². The first-order valence-corrected chi connectivity index (χ1v) is 9.23. The lowest BCUT2D eigenvalue weighted by Gasteiger charge is -2.22. The number of carbonyl (C=O) groups is 5. The zero-order valence-corrected chi connectivity index (χ0v) is 16.2. The molecule has 0 radical (unpaired) electrons. The molecule has 1 aromatic rings. The summed E-state index contributed by atoms with van der Waals surface area (Å²) in [5, 5.41) is 22.8. The highest BCUT2D eigenvalue weighted by molar-refractivity contribution is 5.92. The summed E-state index contributed by atoms with van der Waals surface area (Å²) in [7, 11) is 0. The SMILES string of the molecule is NC(=O)CC[C@H](NC(=O)[C@@H](N)CCC(=O)O)C(=O)N[C@@H](Cc1ccccc1)C(=O)O. The number of amides is 3. The van der Waals surface area contributed by atoms with Gasteiger partial charge in [-0.3, -0.25) is 19.2 Å². The first kappa shape index (κ1) is 24.6. The van der Waals surface area contributed by atoms with Gasteiger partial charge < -0.3 is 32.3 Å². The normalized spacial score (nSPS) is 13.5. The maximum atomic E-state index is 12.6. The van der Waals surface area contributed by atoms with Gasteiger partial charge in [-0.25, -0.2) is 4.79 Å². The van der Waals surface area contributed by atoms with E-state index in [4.69, 9.17) is 16.6 Å². The van der Waals surface area contributed by atoms with Crippen LogP contribution in [0.25, 0.3) is 0 Å². The minimum atomic E-state index is -1.27. The molecule has 11 heteroatoms. The number of rotatable bonds is 13. The summed E-state index contributed by atoms with van der Waals surface area (Å²) in [5.41, 5.74) is 11.4. The van der Waals surface area contributed by atoms with Crippen molar-refractivity contribution in [2.75, 3.05) is 0 Å². The van der Waals surface area contributed by atoms with Crippen LogP contribution in [0.5, 0.6) is 0 Å². The summed E-state index contributed by atoms with van der Waals surface area (Å²) < 4.78 is 0. The van der Waals surface area contributed by atoms with E-state index in [-0.39, 0.29) is 32.1 Å². The molecule has 0 bridgehead atoms. The van der Waals surface area contributed by atoms with Crippen molar-refractivity contribution < 1.29 is 34.2 Å². The van der Waals surface area contributed by atoms with Crippen LogP contribution in [-0.4, -0.2) is 58.0 Å². The molecule has 0 unspecified atom stereocenters. The van der Waals surface area contributed by atoms with E-state index >= 15 is 0 Å². The second-order valence-electron chi connectivity index (χ2n) is 6.69. The van der Waals surface area contributed by atoms with E-state index in [1.165, 1.54) is 0 Å². The smallest absolute Gasteiger partial charge is 0.326 e. The van der Waals surface area contributed by atoms with Crippen molar-refractivity contribution in [3.8, 4) is 0 Å². The van der Waals surface area contributed by atoms with E-state index in [0.29, 0.717) is 5.56 Å². The van der Waals surface area contributed by atoms with Crippen molar-refractivity contribution in [1.82, 2.24) is 10.6 Å². The summed E-state index contributed by atoms with van der Waals surface area (Å²) in [5.74, 6) is -4.73. The molecule has 164 valence electrons. The fourth-order valence-electron chi connectivity index (χ4n) is 2.57. The first-order valence-electron chi connectivity index (χ1n) is 9.23. The second kappa shape index (κ2) is 12.2. The van der Waals surface area contributed by atoms with E-state index < -0.39 is 47.8 Å². The highest BCUT2D eigenvalue weighted by Crippen LogP contribution is 2.06. The molecular formula is C19H26N4O7. The average Bonchev–Trinajstić information content (AvgIpc) is 2.68. The predicted molar refractivity (Wildman–Crippen MR) is 105 cm³/mol. The van der Waals surface area contributed by atoms with Crippen molar-refractivity contribution >= 4 is 29.7 Å². The quantitative estimate of drug-likeness (QED) is 0.226. The van der Waals surface area contributed by atoms with Crippen LogP contribution in [-0.2, 0) is 30.4 Å². The number of nitrogens with one attached hydrogen (secondary N) is 2. The fraction of sp³-hybridized carbons (Fsp3) is 0.421. The van der Waals surface area contributed by atoms with E-state index in [0.717, 1.165) is 0 Å². The standard InChI is InChI=1S/C19H26N4O7/c20-12(6-9-16(25)26)17(27)22-13(7-8-15(21)24)18(28)23-14(19(29)30)10-11-4-2-1-3-5-11/h1-5,12-14H,6-10,20H2,(H2,21,24)(H,22,27)(H,23,28)(H,25,26)(H,29,30)/t12-,13-,14-/m0/s1. The molecule has 11 nitrogen and oxygen atoms in total. The van der Waals surface area contributed by atoms with Crippen LogP contribution in [0.2, 0.25) is 0 Å². The number of nitrogens with two attached hydrogens (primary N) is 2. The van der Waals surface area contributed by atoms with Gasteiger partial charge in [-0.2, -0.15) is 0 Å². The Morgan fingerprint density at radius 3 is 2.00 bits per heavy atom. The van der Waals surface area contributed by atoms with Crippen LogP contribution >= 0.6 is 0 Å². The molecule has 0 aliphatic rings. The van der Waals surface area contributed by atoms with Crippen LogP contribution in [0.1, 0.15) is 31.2 Å². The Hall–Kier alpha value is -3.47. The van der Waals surface area contributed by atoms with Crippen molar-refractivity contribution in [3.63, 3.8) is 0 Å². The topological polar surface area (TPSA) is 202 Å². The Balaban J connectivity index is 2.84. The van der Waals surface area contributed by atoms with Gasteiger partial charge in [-0.05, 0) is 18.4 Å². The molecule has 0 spiro atoms. The molecule has 1 rings (SSSR count). The molecule has 0 fully saturated rings. The zero-order valence-electron chi connectivity index (χ0n) is 16.2. The van der Waals surface area contributed by atoms with Gasteiger partial charge in [0.25, 0.3) is 0 Å². The summed E-state index contributed by atoms with van der Waals surface area (Å²) in [6.45, 7) is 0. The van der Waals surface area contributed by atoms with Crippen LogP contribution < -0.4 is 22.1 Å². The minimum Gasteiger partial charge on any atom is -0.481 e. The maximum Gasteiger partial charge on any atom is 0.326 e. The number of carboxylic acid groups (broad SMARTS) is 2. The van der Waals surface area contributed by atoms with Gasteiger partial charge in [0.05, 0.1) is 6.04 Å². The third-order valence-corrected chi connectivity index (χ3v) is 4.22. The number of hydrogen-bond donors (Lipinski definition) is 6. The van der Waals surface area contributed by atoms with Crippen molar-refractivity contribution in [2.24, 2.45) is 11.5 Å². The lowest BCUT2D eigenvalue weighted by Crippen LogP contribution is -2.55. The third-order valence-electron chi connectivity index (χ3n) is 4.22. The molecule has 0 saturated carbocycles. The van der Waals surface area contributed by atoms with E-state index in [1.807, 2.05) is 0 Å². The molecule has 0 aromatic heterocycles. The Bertz CT molecular complexity index is 769. The molecule has 30 heavy (non-hydrogen) atoms. The van der Waals surface area contributed by atoms with Gasteiger partial charge in [0.2, 0.25) is 17.7 Å². The summed E-state index contributed by atoms with van der Waals surface area (Å²) in [4.78, 5) is 58.0. The van der Waals surface area contributed by atoms with Crippen LogP contribution in [0, 0.1) is 0 Å². The van der Waals surface area contributed by atoms with E-state index in [9.17, 15) is 29.1 Å².